The number of hydrogen-bond acceptors (Lipinski definition) is 5. The van der Waals surface area contributed by atoms with Crippen molar-refractivity contribution < 1.29 is 24.2 Å². The van der Waals surface area contributed by atoms with Crippen LogP contribution in [0.5, 0.6) is 0 Å². The first-order chi connectivity index (χ1) is 41.6. The largest absolute Gasteiger partial charge is 0.462 e. The lowest BCUT2D eigenvalue weighted by molar-refractivity contribution is -0.161. The van der Waals surface area contributed by atoms with E-state index in [0.29, 0.717) is 12.8 Å². The van der Waals surface area contributed by atoms with E-state index in [4.69, 9.17) is 9.47 Å². The Morgan fingerprint density at radius 1 is 0.286 bits per heavy atom. The van der Waals surface area contributed by atoms with Crippen LogP contribution in [-0.2, 0) is 19.1 Å². The minimum atomic E-state index is -0.773. The Morgan fingerprint density at radius 2 is 0.512 bits per heavy atom. The Kier molecular flexibility index (Phi) is 71.7. The van der Waals surface area contributed by atoms with E-state index < -0.39 is 6.10 Å². The maximum absolute atomic E-state index is 12.4. The third-order valence-corrected chi connectivity index (χ3v) is 16.7. The Hall–Kier alpha value is -2.92. The molecule has 0 aliphatic carbocycles. The fraction of sp³-hybridized carbons (Fsp3) is 0.797. The first-order valence-corrected chi connectivity index (χ1v) is 37.1. The normalized spacial score (nSPS) is 12.7. The van der Waals surface area contributed by atoms with Crippen molar-refractivity contribution in [1.29, 1.82) is 0 Å². The summed E-state index contributed by atoms with van der Waals surface area (Å²) in [6.07, 6.45) is 105. The second-order valence-corrected chi connectivity index (χ2v) is 25.0. The first kappa shape index (κ1) is 81.1. The highest BCUT2D eigenvalue weighted by atomic mass is 16.6. The summed E-state index contributed by atoms with van der Waals surface area (Å²) in [6, 6.07) is 0. The van der Waals surface area contributed by atoms with Crippen molar-refractivity contribution in [3.05, 3.63) is 85.1 Å². The summed E-state index contributed by atoms with van der Waals surface area (Å²) in [6.45, 7) is 4.07. The number of ether oxygens (including phenoxy) is 2. The summed E-state index contributed by atoms with van der Waals surface area (Å²) in [5.74, 6) is -0.570. The van der Waals surface area contributed by atoms with E-state index in [1.54, 1.807) is 0 Å². The molecule has 0 radical (unpaired) electrons. The van der Waals surface area contributed by atoms with Crippen LogP contribution < -0.4 is 0 Å². The van der Waals surface area contributed by atoms with Gasteiger partial charge in [-0.2, -0.15) is 0 Å². The van der Waals surface area contributed by atoms with Crippen LogP contribution in [0, 0.1) is 0 Å². The molecule has 0 fully saturated rings. The van der Waals surface area contributed by atoms with Crippen molar-refractivity contribution in [1.82, 2.24) is 0 Å². The van der Waals surface area contributed by atoms with E-state index in [1.807, 2.05) is 0 Å². The molecule has 1 unspecified atom stereocenters. The highest BCUT2D eigenvalue weighted by molar-refractivity contribution is 5.70. The quantitative estimate of drug-likeness (QED) is 0.0373. The van der Waals surface area contributed by atoms with Crippen LogP contribution in [0.15, 0.2) is 85.1 Å². The predicted molar refractivity (Wildman–Crippen MR) is 371 cm³/mol. The van der Waals surface area contributed by atoms with E-state index in [9.17, 15) is 14.7 Å². The zero-order valence-electron chi connectivity index (χ0n) is 56.2. The van der Waals surface area contributed by atoms with E-state index >= 15 is 0 Å². The zero-order chi connectivity index (χ0) is 60.5. The minimum Gasteiger partial charge on any atom is -0.462 e. The topological polar surface area (TPSA) is 72.8 Å². The number of rotatable bonds is 69. The fourth-order valence-corrected chi connectivity index (χ4v) is 11.1. The number of esters is 2. The van der Waals surface area contributed by atoms with Crippen LogP contribution >= 0.6 is 0 Å². The second-order valence-electron chi connectivity index (χ2n) is 25.0. The van der Waals surface area contributed by atoms with E-state index in [1.165, 1.54) is 283 Å². The fourth-order valence-electron chi connectivity index (χ4n) is 11.1. The number of aliphatic hydroxyl groups is 1. The molecule has 0 aliphatic heterocycles. The smallest absolute Gasteiger partial charge is 0.306 e. The number of unbranched alkanes of at least 4 members (excludes halogenated alkanes) is 47. The Morgan fingerprint density at radius 3 is 0.774 bits per heavy atom. The van der Waals surface area contributed by atoms with Gasteiger partial charge in [0.05, 0.1) is 6.61 Å². The third-order valence-electron chi connectivity index (χ3n) is 16.7. The minimum absolute atomic E-state index is 0.0623. The monoisotopic (exact) mass is 1170 g/mol. The van der Waals surface area contributed by atoms with Crippen LogP contribution in [-0.4, -0.2) is 36.4 Å². The molecule has 0 saturated heterocycles. The number of hydrogen-bond donors (Lipinski definition) is 1. The van der Waals surface area contributed by atoms with Crippen LogP contribution in [0.2, 0.25) is 0 Å². The molecule has 0 rings (SSSR count). The number of allylic oxidation sites excluding steroid dienone is 14. The maximum atomic E-state index is 12.4. The SMILES string of the molecule is CC/C=C\C/C=C\C/C=C\C/C=C\CCCCCCCCCCCCCCCCCCCCCCCCCCC(=O)OC(CO)COC(=O)CCCCCCCCCCCCCCCCCCCC/C=C\C/C=C\C/C=C\CCCCCCC. The first-order valence-electron chi connectivity index (χ1n) is 37.1. The Labute approximate surface area is 524 Å². The van der Waals surface area contributed by atoms with Crippen molar-refractivity contribution in [3.8, 4) is 0 Å². The van der Waals surface area contributed by atoms with Gasteiger partial charge in [-0.1, -0.05) is 369 Å². The molecule has 0 aromatic carbocycles. The molecule has 0 amide bonds. The Bertz CT molecular complexity index is 1520. The van der Waals surface area contributed by atoms with E-state index in [-0.39, 0.29) is 25.2 Å². The second kappa shape index (κ2) is 74.3. The molecule has 0 aliphatic rings. The van der Waals surface area contributed by atoms with Crippen LogP contribution in [0.4, 0.5) is 0 Å². The lowest BCUT2D eigenvalue weighted by atomic mass is 10.0. The summed E-state index contributed by atoms with van der Waals surface area (Å²) in [4.78, 5) is 24.7. The van der Waals surface area contributed by atoms with E-state index in [2.05, 4.69) is 98.9 Å². The Balaban J connectivity index is 3.40. The molecule has 1 atom stereocenters. The molecule has 5 heteroatoms. The predicted octanol–water partition coefficient (Wildman–Crippen LogP) is 26.0. The van der Waals surface area contributed by atoms with E-state index in [0.717, 1.165) is 77.0 Å². The summed E-state index contributed by atoms with van der Waals surface area (Å²) < 4.78 is 10.8. The highest BCUT2D eigenvalue weighted by Crippen LogP contribution is 2.19. The van der Waals surface area contributed by atoms with Gasteiger partial charge >= 0.3 is 11.9 Å². The standard InChI is InChI=1S/C79H142O5/c1-3-5-7-9-11-13-15-17-19-21-23-25-27-29-31-33-35-37-38-39-40-42-44-46-48-50-52-54-56-58-60-62-64-66-68-70-72-74-79(82)84-77(75-80)76-83-78(81)73-71-69-67-65-63-61-59-57-55-53-51-49-47-45-43-41-36-34-32-30-28-26-24-22-20-18-16-14-12-10-8-6-4-2/h5,7,11,13,16-19,22-25,28,30,77,80H,3-4,6,8-10,12,14-15,20-21,26-27,29,31-76H2,1-2H3/b7-5-,13-11-,18-16-,19-17-,24-22-,25-23-,30-28-. The van der Waals surface area contributed by atoms with Gasteiger partial charge in [0, 0.05) is 12.8 Å². The molecule has 0 aromatic rings. The molecular weight excluding hydrogens is 1030 g/mol. The molecule has 0 heterocycles. The van der Waals surface area contributed by atoms with Crippen molar-refractivity contribution in [2.45, 2.75) is 392 Å². The lowest BCUT2D eigenvalue weighted by Gasteiger charge is -2.15. The maximum Gasteiger partial charge on any atom is 0.306 e. The van der Waals surface area contributed by atoms with Gasteiger partial charge in [0.1, 0.15) is 6.61 Å². The lowest BCUT2D eigenvalue weighted by Crippen LogP contribution is -2.28. The molecule has 0 aromatic heterocycles. The average Bonchev–Trinajstić information content (AvgIpc) is 3.51. The number of carbonyl (C=O) groups is 2. The number of aliphatic hydroxyl groups excluding tert-OH is 1. The van der Waals surface area contributed by atoms with Gasteiger partial charge in [-0.3, -0.25) is 9.59 Å². The van der Waals surface area contributed by atoms with Crippen LogP contribution in [0.1, 0.15) is 386 Å². The summed E-state index contributed by atoms with van der Waals surface area (Å²) in [5.41, 5.74) is 0. The van der Waals surface area contributed by atoms with Gasteiger partial charge in [0.15, 0.2) is 6.10 Å². The molecule has 0 bridgehead atoms. The van der Waals surface area contributed by atoms with Crippen molar-refractivity contribution in [2.24, 2.45) is 0 Å². The van der Waals surface area contributed by atoms with Crippen LogP contribution in [0.3, 0.4) is 0 Å². The van der Waals surface area contributed by atoms with Gasteiger partial charge < -0.3 is 14.6 Å². The van der Waals surface area contributed by atoms with Gasteiger partial charge in [-0.15, -0.1) is 0 Å². The third kappa shape index (κ3) is 71.6. The summed E-state index contributed by atoms with van der Waals surface area (Å²) >= 11 is 0. The molecule has 0 spiro atoms. The highest BCUT2D eigenvalue weighted by Gasteiger charge is 2.16. The average molecular weight is 1170 g/mol. The summed E-state index contributed by atoms with van der Waals surface area (Å²) in [5, 5.41) is 9.72. The molecule has 0 saturated carbocycles. The molecule has 84 heavy (non-hydrogen) atoms. The number of carbonyl (C=O) groups excluding carboxylic acids is 2. The molecular formula is C79H142O5. The summed E-state index contributed by atoms with van der Waals surface area (Å²) in [7, 11) is 0. The van der Waals surface area contributed by atoms with Gasteiger partial charge in [0.2, 0.25) is 0 Å². The van der Waals surface area contributed by atoms with Crippen LogP contribution in [0.25, 0.3) is 0 Å². The molecule has 5 nitrogen and oxygen atoms in total. The van der Waals surface area contributed by atoms with Crippen molar-refractivity contribution >= 4 is 11.9 Å². The van der Waals surface area contributed by atoms with Gasteiger partial charge in [-0.25, -0.2) is 0 Å². The molecule has 1 N–H and O–H groups in total. The zero-order valence-corrected chi connectivity index (χ0v) is 56.2. The van der Waals surface area contributed by atoms with Gasteiger partial charge in [-0.05, 0) is 89.9 Å². The van der Waals surface area contributed by atoms with Crippen molar-refractivity contribution in [2.75, 3.05) is 13.2 Å². The van der Waals surface area contributed by atoms with Gasteiger partial charge in [0.25, 0.3) is 0 Å². The molecule has 488 valence electrons. The van der Waals surface area contributed by atoms with Crippen molar-refractivity contribution in [3.63, 3.8) is 0 Å².